The topological polar surface area (TPSA) is 48.9 Å². The lowest BCUT2D eigenvalue weighted by atomic mass is 10.1. The number of nitrogens with one attached hydrogen (secondary N) is 2. The van der Waals surface area contributed by atoms with E-state index in [2.05, 4.69) is 41.4 Å². The van der Waals surface area contributed by atoms with Crippen molar-refractivity contribution in [3.8, 4) is 0 Å². The van der Waals surface area contributed by atoms with Crippen molar-refractivity contribution in [1.82, 2.24) is 15.5 Å². The third-order valence-corrected chi connectivity index (χ3v) is 3.56. The van der Waals surface area contributed by atoms with Crippen LogP contribution in [-0.2, 0) is 4.74 Å². The number of aliphatic imine (C=N–C) groups is 1. The van der Waals surface area contributed by atoms with Gasteiger partial charge in [0.2, 0.25) is 0 Å². The lowest BCUT2D eigenvalue weighted by Crippen LogP contribution is -2.44. The minimum atomic E-state index is 0. The first kappa shape index (κ1) is 24.2. The zero-order valence-electron chi connectivity index (χ0n) is 15.2. The predicted molar refractivity (Wildman–Crippen MR) is 108 cm³/mol. The molecule has 0 aliphatic heterocycles. The van der Waals surface area contributed by atoms with Crippen LogP contribution in [0, 0.1) is 0 Å². The van der Waals surface area contributed by atoms with E-state index < -0.39 is 0 Å². The number of likely N-dealkylation sites (N-methyl/N-ethyl adjacent to an activating group) is 1. The van der Waals surface area contributed by atoms with Crippen molar-refractivity contribution in [2.24, 2.45) is 4.99 Å². The van der Waals surface area contributed by atoms with Crippen LogP contribution >= 0.6 is 24.0 Å². The number of ether oxygens (including phenoxy) is 1. The van der Waals surface area contributed by atoms with Crippen LogP contribution in [0.1, 0.15) is 46.0 Å². The van der Waals surface area contributed by atoms with E-state index in [1.807, 2.05) is 7.05 Å². The fourth-order valence-corrected chi connectivity index (χ4v) is 2.10. The van der Waals surface area contributed by atoms with Crippen LogP contribution < -0.4 is 10.6 Å². The summed E-state index contributed by atoms with van der Waals surface area (Å²) in [5.41, 5.74) is 0. The summed E-state index contributed by atoms with van der Waals surface area (Å²) in [4.78, 5) is 6.53. The largest absolute Gasteiger partial charge is 0.383 e. The summed E-state index contributed by atoms with van der Waals surface area (Å²) in [5, 5.41) is 6.82. The number of rotatable bonds is 12. The van der Waals surface area contributed by atoms with E-state index in [1.54, 1.807) is 7.11 Å². The van der Waals surface area contributed by atoms with Gasteiger partial charge >= 0.3 is 0 Å². The molecule has 0 aromatic rings. The van der Waals surface area contributed by atoms with E-state index in [1.165, 1.54) is 32.1 Å². The van der Waals surface area contributed by atoms with Gasteiger partial charge in [-0.2, -0.15) is 0 Å². The Labute approximate surface area is 154 Å². The summed E-state index contributed by atoms with van der Waals surface area (Å²) < 4.78 is 5.07. The van der Waals surface area contributed by atoms with Crippen molar-refractivity contribution in [3.05, 3.63) is 0 Å². The zero-order valence-corrected chi connectivity index (χ0v) is 17.5. The Balaban J connectivity index is 0. The van der Waals surface area contributed by atoms with Crippen LogP contribution in [0.15, 0.2) is 4.99 Å². The molecule has 0 aromatic heterocycles. The monoisotopic (exact) mass is 428 g/mol. The summed E-state index contributed by atoms with van der Waals surface area (Å²) in [6.45, 7) is 8.08. The predicted octanol–water partition coefficient (Wildman–Crippen LogP) is 2.71. The molecule has 6 heteroatoms. The molecule has 1 unspecified atom stereocenters. The quantitative estimate of drug-likeness (QED) is 0.217. The summed E-state index contributed by atoms with van der Waals surface area (Å²) >= 11 is 0. The Hall–Kier alpha value is -0.0800. The van der Waals surface area contributed by atoms with Gasteiger partial charge in [-0.3, -0.25) is 4.99 Å². The Bertz CT molecular complexity index is 265. The van der Waals surface area contributed by atoms with E-state index in [0.29, 0.717) is 6.04 Å². The molecular weight excluding hydrogens is 391 g/mol. The van der Waals surface area contributed by atoms with Gasteiger partial charge in [0.1, 0.15) is 0 Å². The van der Waals surface area contributed by atoms with Crippen LogP contribution in [0.25, 0.3) is 0 Å². The molecule has 0 saturated carbocycles. The van der Waals surface area contributed by atoms with Gasteiger partial charge in [-0.05, 0) is 20.4 Å². The van der Waals surface area contributed by atoms with Crippen molar-refractivity contribution < 1.29 is 4.74 Å². The fourth-order valence-electron chi connectivity index (χ4n) is 2.10. The zero-order chi connectivity index (χ0) is 15.9. The molecule has 0 radical (unpaired) electrons. The second-order valence-electron chi connectivity index (χ2n) is 5.69. The normalized spacial score (nSPS) is 12.9. The van der Waals surface area contributed by atoms with Crippen molar-refractivity contribution in [2.45, 2.75) is 52.0 Å². The Kier molecular flexibility index (Phi) is 19.0. The molecule has 5 nitrogen and oxygen atoms in total. The van der Waals surface area contributed by atoms with Gasteiger partial charge in [-0.1, -0.05) is 32.6 Å². The molecule has 0 heterocycles. The first-order valence-corrected chi connectivity index (χ1v) is 8.28. The molecule has 0 amide bonds. The van der Waals surface area contributed by atoms with Crippen LogP contribution in [0.5, 0.6) is 0 Å². The molecule has 0 aromatic carbocycles. The SMILES string of the molecule is CCCCCCC(C)NC(=NC)NCCN(C)CCOC.I. The van der Waals surface area contributed by atoms with E-state index in [4.69, 9.17) is 4.74 Å². The Morgan fingerprint density at radius 3 is 2.55 bits per heavy atom. The van der Waals surface area contributed by atoms with Crippen molar-refractivity contribution >= 4 is 29.9 Å². The third-order valence-electron chi connectivity index (χ3n) is 3.56. The van der Waals surface area contributed by atoms with Gasteiger partial charge in [0.15, 0.2) is 5.96 Å². The van der Waals surface area contributed by atoms with Crippen LogP contribution in [0.2, 0.25) is 0 Å². The molecular formula is C16H37IN4O. The summed E-state index contributed by atoms with van der Waals surface area (Å²) in [6.07, 6.45) is 6.46. The number of nitrogens with zero attached hydrogens (tertiary/aromatic N) is 2. The molecule has 0 spiro atoms. The maximum Gasteiger partial charge on any atom is 0.191 e. The highest BCUT2D eigenvalue weighted by Gasteiger charge is 2.05. The summed E-state index contributed by atoms with van der Waals surface area (Å²) in [7, 11) is 5.67. The molecule has 0 aliphatic rings. The van der Waals surface area contributed by atoms with E-state index >= 15 is 0 Å². The highest BCUT2D eigenvalue weighted by atomic mass is 127. The van der Waals surface area contributed by atoms with E-state index in [-0.39, 0.29) is 24.0 Å². The van der Waals surface area contributed by atoms with Gasteiger partial charge in [0, 0.05) is 39.8 Å². The van der Waals surface area contributed by atoms with E-state index in [9.17, 15) is 0 Å². The molecule has 0 bridgehead atoms. The maximum absolute atomic E-state index is 5.07. The highest BCUT2D eigenvalue weighted by Crippen LogP contribution is 2.04. The highest BCUT2D eigenvalue weighted by molar-refractivity contribution is 14.0. The molecule has 22 heavy (non-hydrogen) atoms. The summed E-state index contributed by atoms with van der Waals surface area (Å²) in [6, 6.07) is 0.472. The number of halogens is 1. The van der Waals surface area contributed by atoms with Crippen LogP contribution in [0.3, 0.4) is 0 Å². The molecule has 0 rings (SSSR count). The molecule has 0 fully saturated rings. The smallest absolute Gasteiger partial charge is 0.191 e. The van der Waals surface area contributed by atoms with Crippen LogP contribution in [0.4, 0.5) is 0 Å². The molecule has 0 aliphatic carbocycles. The Morgan fingerprint density at radius 2 is 1.95 bits per heavy atom. The first-order chi connectivity index (χ1) is 10.1. The Morgan fingerprint density at radius 1 is 1.23 bits per heavy atom. The first-order valence-electron chi connectivity index (χ1n) is 8.28. The average molecular weight is 428 g/mol. The third kappa shape index (κ3) is 14.8. The van der Waals surface area contributed by atoms with E-state index in [0.717, 1.165) is 32.2 Å². The van der Waals surface area contributed by atoms with Gasteiger partial charge in [0.05, 0.1) is 6.61 Å². The van der Waals surface area contributed by atoms with Crippen molar-refractivity contribution in [1.29, 1.82) is 0 Å². The minimum Gasteiger partial charge on any atom is -0.383 e. The van der Waals surface area contributed by atoms with Crippen molar-refractivity contribution in [2.75, 3.05) is 47.4 Å². The van der Waals surface area contributed by atoms with Gasteiger partial charge < -0.3 is 20.3 Å². The number of hydrogen-bond donors (Lipinski definition) is 2. The molecule has 1 atom stereocenters. The number of hydrogen-bond acceptors (Lipinski definition) is 3. The minimum absolute atomic E-state index is 0. The number of methoxy groups -OCH3 is 1. The van der Waals surface area contributed by atoms with Crippen molar-refractivity contribution in [3.63, 3.8) is 0 Å². The lowest BCUT2D eigenvalue weighted by molar-refractivity contribution is 0.162. The summed E-state index contributed by atoms with van der Waals surface area (Å²) in [5.74, 6) is 0.901. The van der Waals surface area contributed by atoms with Gasteiger partial charge in [-0.25, -0.2) is 0 Å². The standard InChI is InChI=1S/C16H36N4O.HI/c1-6-7-8-9-10-15(2)19-16(17-3)18-11-12-20(4)13-14-21-5;/h15H,6-14H2,1-5H3,(H2,17,18,19);1H. The number of guanidine groups is 1. The maximum atomic E-state index is 5.07. The second kappa shape index (κ2) is 17.3. The lowest BCUT2D eigenvalue weighted by Gasteiger charge is -2.20. The fraction of sp³-hybridized carbons (Fsp3) is 0.938. The van der Waals surface area contributed by atoms with Gasteiger partial charge in [0.25, 0.3) is 0 Å². The molecule has 0 saturated heterocycles. The molecule has 2 N–H and O–H groups in total. The van der Waals surface area contributed by atoms with Crippen LogP contribution in [-0.4, -0.2) is 64.3 Å². The molecule has 134 valence electrons. The van der Waals surface area contributed by atoms with Gasteiger partial charge in [-0.15, -0.1) is 24.0 Å². The number of unbranched alkanes of at least 4 members (excludes halogenated alkanes) is 3. The average Bonchev–Trinajstić information content (AvgIpc) is 2.48. The second-order valence-corrected chi connectivity index (χ2v) is 5.69.